The van der Waals surface area contributed by atoms with E-state index in [4.69, 9.17) is 4.74 Å². The van der Waals surface area contributed by atoms with Gasteiger partial charge < -0.3 is 10.1 Å². The minimum absolute atomic E-state index is 0.200. The molecule has 4 nitrogen and oxygen atoms in total. The zero-order valence-corrected chi connectivity index (χ0v) is 13.6. The molecule has 0 aromatic carbocycles. The van der Waals surface area contributed by atoms with Crippen LogP contribution in [-0.2, 0) is 16.0 Å². The molecule has 1 heterocycles. The maximum Gasteiger partial charge on any atom is 0.328 e. The van der Waals surface area contributed by atoms with Gasteiger partial charge >= 0.3 is 5.97 Å². The molecule has 5 heteroatoms. The fraction of sp³-hybridized carbons (Fsp3) is 0.600. The second-order valence-corrected chi connectivity index (χ2v) is 6.39. The van der Waals surface area contributed by atoms with E-state index < -0.39 is 12.0 Å². The summed E-state index contributed by atoms with van der Waals surface area (Å²) >= 11 is 1.48. The lowest BCUT2D eigenvalue weighted by Gasteiger charge is -2.17. The van der Waals surface area contributed by atoms with Crippen LogP contribution in [0.15, 0.2) is 6.07 Å². The highest BCUT2D eigenvalue weighted by Gasteiger charge is 2.24. The largest absolute Gasteiger partial charge is 0.467 e. The molecule has 1 aromatic heterocycles. The SMILES string of the molecule is CCc1sc(C(=O)NC(CC(C)C)C(=O)OC)cc1C. The first kappa shape index (κ1) is 16.7. The highest BCUT2D eigenvalue weighted by Crippen LogP contribution is 2.22. The van der Waals surface area contributed by atoms with E-state index in [1.807, 2.05) is 26.8 Å². The Morgan fingerprint density at radius 3 is 2.50 bits per heavy atom. The minimum atomic E-state index is -0.583. The van der Waals surface area contributed by atoms with Crippen molar-refractivity contribution in [2.75, 3.05) is 7.11 Å². The Labute approximate surface area is 124 Å². The molecule has 0 bridgehead atoms. The molecule has 0 radical (unpaired) electrons. The number of carbonyl (C=O) groups is 2. The molecule has 0 fully saturated rings. The van der Waals surface area contributed by atoms with E-state index in [9.17, 15) is 9.59 Å². The number of esters is 1. The van der Waals surface area contributed by atoms with Gasteiger partial charge in [-0.05, 0) is 37.3 Å². The first-order valence-electron chi connectivity index (χ1n) is 6.87. The topological polar surface area (TPSA) is 55.4 Å². The van der Waals surface area contributed by atoms with Crippen LogP contribution in [0.2, 0.25) is 0 Å². The molecule has 20 heavy (non-hydrogen) atoms. The summed E-state index contributed by atoms with van der Waals surface area (Å²) in [5.41, 5.74) is 1.13. The van der Waals surface area contributed by atoms with E-state index >= 15 is 0 Å². The van der Waals surface area contributed by atoms with E-state index in [1.54, 1.807) is 0 Å². The van der Waals surface area contributed by atoms with Gasteiger partial charge in [0, 0.05) is 4.88 Å². The summed E-state index contributed by atoms with van der Waals surface area (Å²) in [7, 11) is 1.34. The first-order valence-corrected chi connectivity index (χ1v) is 7.68. The van der Waals surface area contributed by atoms with Crippen LogP contribution < -0.4 is 5.32 Å². The summed E-state index contributed by atoms with van der Waals surface area (Å²) in [5.74, 6) is -0.291. The first-order chi connectivity index (χ1) is 9.38. The maximum absolute atomic E-state index is 12.2. The molecular formula is C15H23NO3S. The number of hydrogen-bond donors (Lipinski definition) is 1. The van der Waals surface area contributed by atoms with E-state index in [0.29, 0.717) is 17.2 Å². The second-order valence-electron chi connectivity index (χ2n) is 5.25. The summed E-state index contributed by atoms with van der Waals surface area (Å²) < 4.78 is 4.75. The third-order valence-corrected chi connectivity index (χ3v) is 4.44. The Morgan fingerprint density at radius 1 is 1.40 bits per heavy atom. The predicted octanol–water partition coefficient (Wildman–Crippen LogP) is 2.94. The van der Waals surface area contributed by atoms with E-state index in [-0.39, 0.29) is 5.91 Å². The lowest BCUT2D eigenvalue weighted by molar-refractivity contribution is -0.143. The Balaban J connectivity index is 2.81. The Hall–Kier alpha value is -1.36. The standard InChI is InChI=1S/C15H23NO3S/c1-6-12-10(4)8-13(20-12)14(17)16-11(7-9(2)3)15(18)19-5/h8-9,11H,6-7H2,1-5H3,(H,16,17). The molecule has 1 rings (SSSR count). The van der Waals surface area contributed by atoms with Gasteiger partial charge in [-0.15, -0.1) is 11.3 Å². The van der Waals surface area contributed by atoms with Crippen molar-refractivity contribution in [1.29, 1.82) is 0 Å². The van der Waals surface area contributed by atoms with E-state index in [0.717, 1.165) is 12.0 Å². The average molecular weight is 297 g/mol. The molecule has 1 unspecified atom stereocenters. The summed E-state index contributed by atoms with van der Waals surface area (Å²) in [6.07, 6.45) is 1.49. The lowest BCUT2D eigenvalue weighted by atomic mass is 10.0. The van der Waals surface area contributed by atoms with Gasteiger partial charge in [0.1, 0.15) is 6.04 Å². The number of nitrogens with one attached hydrogen (secondary N) is 1. The average Bonchev–Trinajstić information content (AvgIpc) is 2.77. The summed E-state index contributed by atoms with van der Waals surface area (Å²) in [5, 5.41) is 2.78. The van der Waals surface area contributed by atoms with Crippen molar-refractivity contribution in [2.24, 2.45) is 5.92 Å². The van der Waals surface area contributed by atoms with Crippen LogP contribution in [-0.4, -0.2) is 25.0 Å². The van der Waals surface area contributed by atoms with Gasteiger partial charge in [0.2, 0.25) is 0 Å². The van der Waals surface area contributed by atoms with E-state index in [2.05, 4.69) is 12.2 Å². The molecule has 0 saturated heterocycles. The van der Waals surface area contributed by atoms with Crippen LogP contribution in [0, 0.1) is 12.8 Å². The molecule has 0 aliphatic rings. The van der Waals surface area contributed by atoms with Gasteiger partial charge in [-0.2, -0.15) is 0 Å². The van der Waals surface area contributed by atoms with Crippen molar-refractivity contribution in [2.45, 2.75) is 46.6 Å². The molecule has 1 atom stereocenters. The number of amides is 1. The number of methoxy groups -OCH3 is 1. The van der Waals surface area contributed by atoms with Crippen LogP contribution in [0.3, 0.4) is 0 Å². The Bertz CT molecular complexity index is 479. The minimum Gasteiger partial charge on any atom is -0.467 e. The quantitative estimate of drug-likeness (QED) is 0.821. The number of hydrogen-bond acceptors (Lipinski definition) is 4. The molecule has 0 saturated carbocycles. The number of thiophene rings is 1. The molecule has 0 spiro atoms. The van der Waals surface area contributed by atoms with Crippen molar-refractivity contribution in [3.05, 3.63) is 21.4 Å². The van der Waals surface area contributed by atoms with Crippen molar-refractivity contribution >= 4 is 23.2 Å². The Morgan fingerprint density at radius 2 is 2.05 bits per heavy atom. The predicted molar refractivity (Wildman–Crippen MR) is 81.2 cm³/mol. The van der Waals surface area contributed by atoms with Crippen molar-refractivity contribution in [1.82, 2.24) is 5.32 Å². The smallest absolute Gasteiger partial charge is 0.328 e. The van der Waals surface area contributed by atoms with E-state index in [1.165, 1.54) is 23.3 Å². The fourth-order valence-electron chi connectivity index (χ4n) is 2.04. The van der Waals surface area contributed by atoms with Gasteiger partial charge in [-0.1, -0.05) is 20.8 Å². The third kappa shape index (κ3) is 4.34. The second kappa shape index (κ2) is 7.43. The molecular weight excluding hydrogens is 274 g/mol. The molecule has 1 amide bonds. The number of aryl methyl sites for hydroxylation is 2. The van der Waals surface area contributed by atoms with Crippen LogP contribution in [0.25, 0.3) is 0 Å². The van der Waals surface area contributed by atoms with Gasteiger partial charge in [0.25, 0.3) is 5.91 Å². The number of rotatable bonds is 6. The van der Waals surface area contributed by atoms with Crippen LogP contribution in [0.5, 0.6) is 0 Å². The number of ether oxygens (including phenoxy) is 1. The maximum atomic E-state index is 12.2. The summed E-state index contributed by atoms with van der Waals surface area (Å²) in [6, 6.07) is 1.29. The van der Waals surface area contributed by atoms with Crippen LogP contribution >= 0.6 is 11.3 Å². The van der Waals surface area contributed by atoms with Gasteiger partial charge in [0.15, 0.2) is 0 Å². The molecule has 1 N–H and O–H groups in total. The van der Waals surface area contributed by atoms with Crippen molar-refractivity contribution in [3.63, 3.8) is 0 Å². The van der Waals surface area contributed by atoms with Crippen molar-refractivity contribution in [3.8, 4) is 0 Å². The number of carbonyl (C=O) groups excluding carboxylic acids is 2. The monoisotopic (exact) mass is 297 g/mol. The van der Waals surface area contributed by atoms with Crippen LogP contribution in [0.1, 0.15) is 47.3 Å². The van der Waals surface area contributed by atoms with Crippen LogP contribution in [0.4, 0.5) is 0 Å². The zero-order chi connectivity index (χ0) is 15.3. The molecule has 0 aliphatic carbocycles. The highest BCUT2D eigenvalue weighted by molar-refractivity contribution is 7.14. The van der Waals surface area contributed by atoms with Gasteiger partial charge in [-0.25, -0.2) is 4.79 Å². The van der Waals surface area contributed by atoms with Crippen molar-refractivity contribution < 1.29 is 14.3 Å². The lowest BCUT2D eigenvalue weighted by Crippen LogP contribution is -2.42. The zero-order valence-electron chi connectivity index (χ0n) is 12.8. The van der Waals surface area contributed by atoms with Gasteiger partial charge in [-0.3, -0.25) is 4.79 Å². The highest BCUT2D eigenvalue weighted by atomic mass is 32.1. The third-order valence-electron chi connectivity index (χ3n) is 3.06. The molecule has 112 valence electrons. The normalized spacial score (nSPS) is 12.3. The van der Waals surface area contributed by atoms with Gasteiger partial charge in [0.05, 0.1) is 12.0 Å². The molecule has 0 aliphatic heterocycles. The summed E-state index contributed by atoms with van der Waals surface area (Å²) in [6.45, 7) is 8.08. The Kier molecular flexibility index (Phi) is 6.20. The fourth-order valence-corrected chi connectivity index (χ4v) is 3.06. The molecule has 1 aromatic rings. The summed E-state index contributed by atoms with van der Waals surface area (Å²) in [4.78, 5) is 25.8.